The van der Waals surface area contributed by atoms with Gasteiger partial charge in [-0.05, 0) is 31.4 Å². The van der Waals surface area contributed by atoms with Gasteiger partial charge in [-0.25, -0.2) is 0 Å². The minimum Gasteiger partial charge on any atom is -0.351 e. The Morgan fingerprint density at radius 3 is 2.94 bits per heavy atom. The molecule has 16 heavy (non-hydrogen) atoms. The Kier molecular flexibility index (Phi) is 3.19. The molecule has 1 fully saturated rings. The summed E-state index contributed by atoms with van der Waals surface area (Å²) in [6, 6.07) is 7.86. The number of hydrogen-bond donors (Lipinski definition) is 2. The molecule has 0 aromatic heterocycles. The molecule has 84 valence electrons. The summed E-state index contributed by atoms with van der Waals surface area (Å²) in [7, 11) is 0. The minimum absolute atomic E-state index is 0.0627. The fraction of sp³-hybridized carbons (Fsp3) is 0.333. The molecule has 0 atom stereocenters. The summed E-state index contributed by atoms with van der Waals surface area (Å²) in [5.41, 5.74) is 5.57. The second-order valence-electron chi connectivity index (χ2n) is 3.84. The molecule has 0 radical (unpaired) electrons. The predicted molar refractivity (Wildman–Crippen MR) is 64.5 cm³/mol. The maximum absolute atomic E-state index is 11.4. The largest absolute Gasteiger partial charge is 0.351 e. The molecule has 0 unspecified atom stereocenters. The third-order valence-corrected chi connectivity index (χ3v) is 2.59. The van der Waals surface area contributed by atoms with Gasteiger partial charge in [-0.3, -0.25) is 10.2 Å². The van der Waals surface area contributed by atoms with Gasteiger partial charge in [-0.1, -0.05) is 18.2 Å². The molecule has 4 nitrogen and oxygen atoms in total. The first-order valence-electron chi connectivity index (χ1n) is 5.44. The molecule has 0 bridgehead atoms. The van der Waals surface area contributed by atoms with Gasteiger partial charge in [0.25, 0.3) is 5.91 Å². The van der Waals surface area contributed by atoms with Crippen LogP contribution in [0, 0.1) is 6.92 Å². The van der Waals surface area contributed by atoms with Crippen molar-refractivity contribution in [1.82, 2.24) is 5.32 Å². The molecule has 1 saturated heterocycles. The lowest BCUT2D eigenvalue weighted by Crippen LogP contribution is -2.37. The van der Waals surface area contributed by atoms with E-state index in [-0.39, 0.29) is 5.91 Å². The molecule has 0 spiro atoms. The normalized spacial score (nSPS) is 18.3. The molecular weight excluding hydrogens is 202 g/mol. The third-order valence-electron chi connectivity index (χ3n) is 2.59. The van der Waals surface area contributed by atoms with Crippen LogP contribution < -0.4 is 10.7 Å². The number of para-hydroxylation sites is 1. The van der Waals surface area contributed by atoms with E-state index in [1.165, 1.54) is 0 Å². The van der Waals surface area contributed by atoms with E-state index >= 15 is 0 Å². The first-order valence-corrected chi connectivity index (χ1v) is 5.44. The van der Waals surface area contributed by atoms with Crippen molar-refractivity contribution in [3.8, 4) is 0 Å². The molecule has 1 amide bonds. The fourth-order valence-corrected chi connectivity index (χ4v) is 1.61. The van der Waals surface area contributed by atoms with Gasteiger partial charge in [-0.2, -0.15) is 5.10 Å². The van der Waals surface area contributed by atoms with Gasteiger partial charge in [0.1, 0.15) is 5.71 Å². The predicted octanol–water partition coefficient (Wildman–Crippen LogP) is 1.67. The number of rotatable bonds is 2. The molecule has 2 rings (SSSR count). The molecule has 0 aliphatic carbocycles. The summed E-state index contributed by atoms with van der Waals surface area (Å²) < 4.78 is 0. The Labute approximate surface area is 94.7 Å². The number of hydrazone groups is 1. The Balaban J connectivity index is 2.08. The number of anilines is 1. The second kappa shape index (κ2) is 4.79. The van der Waals surface area contributed by atoms with E-state index in [1.807, 2.05) is 31.2 Å². The molecule has 1 heterocycles. The standard InChI is InChI=1S/C12H15N3O/c1-9-5-2-3-6-10(9)14-15-11-7-4-8-13-12(11)16/h2-3,5-6,14H,4,7-8H2,1H3,(H,13,16)/b15-11-. The van der Waals surface area contributed by atoms with Crippen LogP contribution in [0.15, 0.2) is 29.4 Å². The maximum Gasteiger partial charge on any atom is 0.267 e. The number of aryl methyl sites for hydroxylation is 1. The minimum atomic E-state index is -0.0627. The van der Waals surface area contributed by atoms with E-state index in [0.717, 1.165) is 30.6 Å². The SMILES string of the molecule is Cc1ccccc1N/N=C1/CCCNC1=O. The van der Waals surface area contributed by atoms with Crippen molar-refractivity contribution in [2.45, 2.75) is 19.8 Å². The summed E-state index contributed by atoms with van der Waals surface area (Å²) >= 11 is 0. The molecule has 1 aromatic rings. The number of nitrogens with one attached hydrogen (secondary N) is 2. The molecule has 4 heteroatoms. The smallest absolute Gasteiger partial charge is 0.267 e. The highest BCUT2D eigenvalue weighted by atomic mass is 16.2. The molecule has 2 N–H and O–H groups in total. The summed E-state index contributed by atoms with van der Waals surface area (Å²) in [5, 5.41) is 6.92. The van der Waals surface area contributed by atoms with Gasteiger partial charge in [-0.15, -0.1) is 0 Å². The van der Waals surface area contributed by atoms with Crippen LogP contribution >= 0.6 is 0 Å². The Morgan fingerprint density at radius 2 is 2.19 bits per heavy atom. The zero-order valence-corrected chi connectivity index (χ0v) is 9.29. The van der Waals surface area contributed by atoms with Crippen LogP contribution in [-0.2, 0) is 4.79 Å². The number of hydrogen-bond acceptors (Lipinski definition) is 3. The van der Waals surface area contributed by atoms with Crippen LogP contribution in [0.4, 0.5) is 5.69 Å². The van der Waals surface area contributed by atoms with E-state index in [0.29, 0.717) is 5.71 Å². The van der Waals surface area contributed by atoms with Crippen molar-refractivity contribution < 1.29 is 4.79 Å². The first kappa shape index (κ1) is 10.7. The molecule has 1 aliphatic rings. The van der Waals surface area contributed by atoms with Crippen molar-refractivity contribution >= 4 is 17.3 Å². The zero-order chi connectivity index (χ0) is 11.4. The van der Waals surface area contributed by atoms with Gasteiger partial charge >= 0.3 is 0 Å². The van der Waals surface area contributed by atoms with Gasteiger partial charge in [0, 0.05) is 6.54 Å². The van der Waals surface area contributed by atoms with E-state index in [1.54, 1.807) is 0 Å². The van der Waals surface area contributed by atoms with Gasteiger partial charge in [0.15, 0.2) is 0 Å². The molecule has 0 saturated carbocycles. The molecule has 1 aromatic carbocycles. The number of piperidine rings is 1. The lowest BCUT2D eigenvalue weighted by atomic mass is 10.1. The quantitative estimate of drug-likeness (QED) is 0.740. The monoisotopic (exact) mass is 217 g/mol. The van der Waals surface area contributed by atoms with Crippen molar-refractivity contribution in [3.05, 3.63) is 29.8 Å². The lowest BCUT2D eigenvalue weighted by Gasteiger charge is -2.14. The fourth-order valence-electron chi connectivity index (χ4n) is 1.61. The topological polar surface area (TPSA) is 53.5 Å². The number of carbonyl (C=O) groups is 1. The second-order valence-corrected chi connectivity index (χ2v) is 3.84. The Hall–Kier alpha value is -1.84. The number of amides is 1. The van der Waals surface area contributed by atoms with Crippen LogP contribution in [0.5, 0.6) is 0 Å². The number of benzene rings is 1. The molecule has 1 aliphatic heterocycles. The average molecular weight is 217 g/mol. The summed E-state index contributed by atoms with van der Waals surface area (Å²) in [6.45, 7) is 2.76. The maximum atomic E-state index is 11.4. The van der Waals surface area contributed by atoms with Gasteiger partial charge in [0.2, 0.25) is 0 Å². The highest BCUT2D eigenvalue weighted by Gasteiger charge is 2.15. The van der Waals surface area contributed by atoms with Gasteiger partial charge < -0.3 is 5.32 Å². The van der Waals surface area contributed by atoms with E-state index in [2.05, 4.69) is 15.8 Å². The Bertz CT molecular complexity index is 426. The van der Waals surface area contributed by atoms with Crippen molar-refractivity contribution in [3.63, 3.8) is 0 Å². The van der Waals surface area contributed by atoms with Crippen molar-refractivity contribution in [2.75, 3.05) is 12.0 Å². The van der Waals surface area contributed by atoms with Crippen LogP contribution in [0.2, 0.25) is 0 Å². The molecular formula is C12H15N3O. The number of nitrogens with zero attached hydrogens (tertiary/aromatic N) is 1. The first-order chi connectivity index (χ1) is 7.77. The summed E-state index contributed by atoms with van der Waals surface area (Å²) in [4.78, 5) is 11.4. The summed E-state index contributed by atoms with van der Waals surface area (Å²) in [6.07, 6.45) is 1.70. The average Bonchev–Trinajstić information content (AvgIpc) is 2.30. The lowest BCUT2D eigenvalue weighted by molar-refractivity contribution is -0.115. The van der Waals surface area contributed by atoms with Gasteiger partial charge in [0.05, 0.1) is 5.69 Å². The highest BCUT2D eigenvalue weighted by Crippen LogP contribution is 2.13. The van der Waals surface area contributed by atoms with Crippen LogP contribution in [0.1, 0.15) is 18.4 Å². The van der Waals surface area contributed by atoms with Crippen LogP contribution in [0.25, 0.3) is 0 Å². The number of carbonyl (C=O) groups excluding carboxylic acids is 1. The summed E-state index contributed by atoms with van der Waals surface area (Å²) in [5.74, 6) is -0.0627. The zero-order valence-electron chi connectivity index (χ0n) is 9.29. The van der Waals surface area contributed by atoms with Crippen LogP contribution in [0.3, 0.4) is 0 Å². The third kappa shape index (κ3) is 2.39. The van der Waals surface area contributed by atoms with Crippen molar-refractivity contribution in [1.29, 1.82) is 0 Å². The van der Waals surface area contributed by atoms with E-state index in [9.17, 15) is 4.79 Å². The van der Waals surface area contributed by atoms with E-state index in [4.69, 9.17) is 0 Å². The Morgan fingerprint density at radius 1 is 1.38 bits per heavy atom. The van der Waals surface area contributed by atoms with E-state index < -0.39 is 0 Å². The van der Waals surface area contributed by atoms with Crippen molar-refractivity contribution in [2.24, 2.45) is 5.10 Å². The highest BCUT2D eigenvalue weighted by molar-refractivity contribution is 6.39. The van der Waals surface area contributed by atoms with Crippen LogP contribution in [-0.4, -0.2) is 18.2 Å².